The average Bonchev–Trinajstić information content (AvgIpc) is 2.25. The number of rotatable bonds is 4. The van der Waals surface area contributed by atoms with Gasteiger partial charge in [-0.2, -0.15) is 0 Å². The van der Waals surface area contributed by atoms with Crippen LogP contribution in [0.5, 0.6) is 11.5 Å². The van der Waals surface area contributed by atoms with Crippen LogP contribution in [0.2, 0.25) is 0 Å². The van der Waals surface area contributed by atoms with Gasteiger partial charge in [-0.05, 0) is 11.6 Å². The number of ether oxygens (including phenoxy) is 2. The number of hydrogen-bond acceptors (Lipinski definition) is 4. The Hall–Kier alpha value is -0.650. The predicted octanol–water partition coefficient (Wildman–Crippen LogP) is 2.37. The van der Waals surface area contributed by atoms with Crippen molar-refractivity contribution in [3.05, 3.63) is 17.7 Å². The summed E-state index contributed by atoms with van der Waals surface area (Å²) in [7, 11) is 4.14. The molecular weight excluding hydrogens is 275 g/mol. The first-order chi connectivity index (χ1) is 7.45. The monoisotopic (exact) mass is 284 g/mol. The summed E-state index contributed by atoms with van der Waals surface area (Å²) in [6, 6.07) is 3.10. The Kier molecular flexibility index (Phi) is 4.29. The number of halogens is 2. The zero-order valence-corrected chi connectivity index (χ0v) is 11.0. The minimum absolute atomic E-state index is 0.0155. The molecule has 0 aliphatic carbocycles. The van der Waals surface area contributed by atoms with E-state index in [4.69, 9.17) is 31.8 Å². The molecule has 4 nitrogen and oxygen atoms in total. The van der Waals surface area contributed by atoms with Gasteiger partial charge in [0.25, 0.3) is 9.05 Å². The Morgan fingerprint density at radius 2 is 1.88 bits per heavy atom. The molecule has 0 heterocycles. The van der Waals surface area contributed by atoms with Gasteiger partial charge in [0, 0.05) is 16.6 Å². The van der Waals surface area contributed by atoms with Crippen LogP contribution in [0.25, 0.3) is 0 Å². The second-order valence-corrected chi connectivity index (χ2v) is 5.63. The summed E-state index contributed by atoms with van der Waals surface area (Å²) in [5, 5.41) is 0. The van der Waals surface area contributed by atoms with E-state index in [1.54, 1.807) is 6.07 Å². The van der Waals surface area contributed by atoms with E-state index in [2.05, 4.69) is 0 Å². The molecule has 0 atom stereocenters. The third-order valence-electron chi connectivity index (χ3n) is 1.97. The molecule has 0 aliphatic rings. The van der Waals surface area contributed by atoms with Crippen LogP contribution in [0, 0.1) is 0 Å². The molecular formula is C9H10Cl2O4S. The fraction of sp³-hybridized carbons (Fsp3) is 0.333. The lowest BCUT2D eigenvalue weighted by atomic mass is 10.2. The van der Waals surface area contributed by atoms with E-state index in [1.807, 2.05) is 0 Å². The van der Waals surface area contributed by atoms with Gasteiger partial charge in [0.1, 0.15) is 4.90 Å². The number of alkyl halides is 1. The summed E-state index contributed by atoms with van der Waals surface area (Å²) in [6.07, 6.45) is 0. The maximum Gasteiger partial charge on any atom is 0.265 e. The maximum atomic E-state index is 11.4. The van der Waals surface area contributed by atoms with Crippen molar-refractivity contribution in [3.8, 4) is 11.5 Å². The SMILES string of the molecule is COc1ccc(CCl)c(S(=O)(=O)Cl)c1OC. The fourth-order valence-corrected chi connectivity index (χ4v) is 2.98. The minimum Gasteiger partial charge on any atom is -0.493 e. The molecule has 1 aromatic carbocycles. The maximum absolute atomic E-state index is 11.4. The summed E-state index contributed by atoms with van der Waals surface area (Å²) < 4.78 is 32.8. The summed E-state index contributed by atoms with van der Waals surface area (Å²) >= 11 is 5.64. The lowest BCUT2D eigenvalue weighted by molar-refractivity contribution is 0.346. The quantitative estimate of drug-likeness (QED) is 0.629. The molecule has 0 bridgehead atoms. The van der Waals surface area contributed by atoms with Gasteiger partial charge in [0.05, 0.1) is 14.2 Å². The molecule has 7 heteroatoms. The first-order valence-corrected chi connectivity index (χ1v) is 7.04. The van der Waals surface area contributed by atoms with Gasteiger partial charge in [-0.1, -0.05) is 6.07 Å². The largest absolute Gasteiger partial charge is 0.493 e. The lowest BCUT2D eigenvalue weighted by Gasteiger charge is -2.13. The van der Waals surface area contributed by atoms with Crippen molar-refractivity contribution in [2.75, 3.05) is 14.2 Å². The predicted molar refractivity (Wildman–Crippen MR) is 62.1 cm³/mol. The van der Waals surface area contributed by atoms with Crippen molar-refractivity contribution in [1.29, 1.82) is 0 Å². The van der Waals surface area contributed by atoms with Crippen LogP contribution in [0.1, 0.15) is 5.56 Å². The topological polar surface area (TPSA) is 52.6 Å². The third kappa shape index (κ3) is 2.53. The van der Waals surface area contributed by atoms with E-state index in [9.17, 15) is 8.42 Å². The Bertz CT molecular complexity index is 485. The van der Waals surface area contributed by atoms with Crippen LogP contribution in [-0.4, -0.2) is 22.6 Å². The summed E-state index contributed by atoms with van der Waals surface area (Å²) in [4.78, 5) is -0.147. The van der Waals surface area contributed by atoms with E-state index in [0.29, 0.717) is 5.56 Å². The van der Waals surface area contributed by atoms with Crippen LogP contribution in [-0.2, 0) is 14.9 Å². The van der Waals surface area contributed by atoms with Crippen LogP contribution in [0.4, 0.5) is 0 Å². The van der Waals surface area contributed by atoms with E-state index >= 15 is 0 Å². The highest BCUT2D eigenvalue weighted by Crippen LogP contribution is 2.38. The average molecular weight is 285 g/mol. The normalized spacial score (nSPS) is 11.2. The standard InChI is InChI=1S/C9H10Cl2O4S/c1-14-7-4-3-6(5-10)9(8(7)15-2)16(11,12)13/h3-4H,5H2,1-2H3. The Balaban J connectivity index is 3.63. The molecule has 0 aliphatic heterocycles. The third-order valence-corrected chi connectivity index (χ3v) is 3.66. The molecule has 16 heavy (non-hydrogen) atoms. The van der Waals surface area contributed by atoms with Gasteiger partial charge >= 0.3 is 0 Å². The highest BCUT2D eigenvalue weighted by molar-refractivity contribution is 8.13. The summed E-state index contributed by atoms with van der Waals surface area (Å²) in [5.74, 6) is 0.369. The molecule has 1 rings (SSSR count). The molecule has 0 unspecified atom stereocenters. The molecule has 0 spiro atoms. The first-order valence-electron chi connectivity index (χ1n) is 4.20. The van der Waals surface area contributed by atoms with Crippen LogP contribution >= 0.6 is 22.3 Å². The molecule has 0 saturated carbocycles. The van der Waals surface area contributed by atoms with Crippen molar-refractivity contribution >= 4 is 31.3 Å². The van der Waals surface area contributed by atoms with Gasteiger partial charge in [-0.25, -0.2) is 8.42 Å². The van der Waals surface area contributed by atoms with Gasteiger partial charge in [-0.15, -0.1) is 11.6 Å². The molecule has 0 fully saturated rings. The minimum atomic E-state index is -3.94. The highest BCUT2D eigenvalue weighted by atomic mass is 35.7. The lowest BCUT2D eigenvalue weighted by Crippen LogP contribution is -2.02. The van der Waals surface area contributed by atoms with Gasteiger partial charge in [0.15, 0.2) is 11.5 Å². The fourth-order valence-electron chi connectivity index (χ4n) is 1.31. The van der Waals surface area contributed by atoms with Crippen molar-refractivity contribution in [2.24, 2.45) is 0 Å². The second kappa shape index (κ2) is 5.12. The van der Waals surface area contributed by atoms with Crippen LogP contribution in [0.3, 0.4) is 0 Å². The first kappa shape index (κ1) is 13.4. The Morgan fingerprint density at radius 3 is 2.25 bits per heavy atom. The van der Waals surface area contributed by atoms with Gasteiger partial charge < -0.3 is 9.47 Å². The highest BCUT2D eigenvalue weighted by Gasteiger charge is 2.24. The van der Waals surface area contributed by atoms with Crippen molar-refractivity contribution in [2.45, 2.75) is 10.8 Å². The van der Waals surface area contributed by atoms with Gasteiger partial charge in [-0.3, -0.25) is 0 Å². The number of benzene rings is 1. The molecule has 0 N–H and O–H groups in total. The molecule has 90 valence electrons. The van der Waals surface area contributed by atoms with E-state index in [-0.39, 0.29) is 22.3 Å². The Labute approximate surface area is 103 Å². The number of methoxy groups -OCH3 is 2. The van der Waals surface area contributed by atoms with Crippen LogP contribution in [0.15, 0.2) is 17.0 Å². The van der Waals surface area contributed by atoms with E-state index in [0.717, 1.165) is 0 Å². The smallest absolute Gasteiger partial charge is 0.265 e. The molecule has 1 aromatic rings. The van der Waals surface area contributed by atoms with Crippen LogP contribution < -0.4 is 9.47 Å². The van der Waals surface area contributed by atoms with E-state index < -0.39 is 9.05 Å². The summed E-state index contributed by atoms with van der Waals surface area (Å²) in [5.41, 5.74) is 0.370. The van der Waals surface area contributed by atoms with Gasteiger partial charge in [0.2, 0.25) is 0 Å². The zero-order chi connectivity index (χ0) is 12.3. The number of hydrogen-bond donors (Lipinski definition) is 0. The molecule has 0 aromatic heterocycles. The van der Waals surface area contributed by atoms with Crippen molar-refractivity contribution in [1.82, 2.24) is 0 Å². The Morgan fingerprint density at radius 1 is 1.25 bits per heavy atom. The molecule has 0 saturated heterocycles. The van der Waals surface area contributed by atoms with Crippen molar-refractivity contribution in [3.63, 3.8) is 0 Å². The van der Waals surface area contributed by atoms with Crippen molar-refractivity contribution < 1.29 is 17.9 Å². The van der Waals surface area contributed by atoms with E-state index in [1.165, 1.54) is 20.3 Å². The molecule has 0 radical (unpaired) electrons. The molecule has 0 amide bonds. The zero-order valence-electron chi connectivity index (χ0n) is 8.66. The second-order valence-electron chi connectivity index (χ2n) is 2.86. The summed E-state index contributed by atoms with van der Waals surface area (Å²) in [6.45, 7) is 0.